The molecule has 2 N–H and O–H groups in total. The second kappa shape index (κ2) is 6.12. The molecule has 1 saturated heterocycles. The first-order valence-corrected chi connectivity index (χ1v) is 9.53. The van der Waals surface area contributed by atoms with E-state index in [-0.39, 0.29) is 11.8 Å². The number of furan rings is 1. The summed E-state index contributed by atoms with van der Waals surface area (Å²) in [5, 5.41) is 7.56. The van der Waals surface area contributed by atoms with Gasteiger partial charge < -0.3 is 20.0 Å². The molecule has 2 aliphatic heterocycles. The van der Waals surface area contributed by atoms with Crippen LogP contribution in [0.5, 0.6) is 0 Å². The fourth-order valence-electron chi connectivity index (χ4n) is 4.23. The van der Waals surface area contributed by atoms with E-state index in [4.69, 9.17) is 4.42 Å². The summed E-state index contributed by atoms with van der Waals surface area (Å²) >= 11 is 0. The number of rotatable bonds is 1. The number of likely N-dealkylation sites (tertiary alicyclic amines) is 1. The van der Waals surface area contributed by atoms with Crippen LogP contribution in [0.3, 0.4) is 0 Å². The number of anilines is 1. The number of nitrogens with zero attached hydrogens (tertiary/aromatic N) is 1. The highest BCUT2D eigenvalue weighted by Crippen LogP contribution is 2.32. The maximum atomic E-state index is 13.0. The lowest BCUT2D eigenvalue weighted by atomic mass is 9.92. The van der Waals surface area contributed by atoms with Gasteiger partial charge in [0, 0.05) is 42.6 Å². The van der Waals surface area contributed by atoms with Crippen LogP contribution in [0.25, 0.3) is 11.0 Å². The van der Waals surface area contributed by atoms with Crippen LogP contribution in [-0.2, 0) is 0 Å². The summed E-state index contributed by atoms with van der Waals surface area (Å²) in [4.78, 5) is 27.4. The maximum Gasteiger partial charge on any atom is 0.289 e. The van der Waals surface area contributed by atoms with Crippen LogP contribution in [0.2, 0.25) is 0 Å². The van der Waals surface area contributed by atoms with Gasteiger partial charge in [0.2, 0.25) is 0 Å². The first kappa shape index (κ1) is 16.9. The molecule has 0 saturated carbocycles. The zero-order valence-electron chi connectivity index (χ0n) is 15.6. The summed E-state index contributed by atoms with van der Waals surface area (Å²) in [6, 6.07) is 15.2. The van der Waals surface area contributed by atoms with Crippen LogP contribution in [0.15, 0.2) is 52.9 Å². The highest BCUT2D eigenvalue weighted by molar-refractivity contribution is 6.02. The molecule has 5 rings (SSSR count). The zero-order valence-corrected chi connectivity index (χ0v) is 15.6. The number of fused-ring (bicyclic) bond motifs is 2. The van der Waals surface area contributed by atoms with E-state index in [1.54, 1.807) is 0 Å². The van der Waals surface area contributed by atoms with Crippen molar-refractivity contribution in [3.63, 3.8) is 0 Å². The van der Waals surface area contributed by atoms with E-state index >= 15 is 0 Å². The van der Waals surface area contributed by atoms with Crippen molar-refractivity contribution < 1.29 is 14.0 Å². The van der Waals surface area contributed by atoms with Crippen LogP contribution < -0.4 is 10.6 Å². The van der Waals surface area contributed by atoms with E-state index in [1.165, 1.54) is 0 Å². The molecule has 2 aromatic carbocycles. The van der Waals surface area contributed by atoms with E-state index in [2.05, 4.69) is 10.6 Å². The monoisotopic (exact) mass is 375 g/mol. The molecule has 0 atom stereocenters. The molecule has 0 radical (unpaired) electrons. The van der Waals surface area contributed by atoms with Crippen molar-refractivity contribution in [2.45, 2.75) is 25.4 Å². The Morgan fingerprint density at radius 1 is 1.04 bits per heavy atom. The number of para-hydroxylation sites is 2. The summed E-state index contributed by atoms with van der Waals surface area (Å²) in [7, 11) is 0. The van der Waals surface area contributed by atoms with Gasteiger partial charge in [-0.3, -0.25) is 9.59 Å². The Bertz CT molecular complexity index is 1090. The SMILES string of the molecule is Cc1c(C(=O)N2CCC3(CC2)NC(=O)c2ccccc2N3)oc2ccccc12. The molecule has 2 aliphatic rings. The normalized spacial score (nSPS) is 17.9. The summed E-state index contributed by atoms with van der Waals surface area (Å²) in [5.74, 6) is 0.247. The van der Waals surface area contributed by atoms with Crippen LogP contribution >= 0.6 is 0 Å². The smallest absolute Gasteiger partial charge is 0.289 e. The van der Waals surface area contributed by atoms with E-state index < -0.39 is 5.66 Å². The van der Waals surface area contributed by atoms with E-state index in [9.17, 15) is 9.59 Å². The Balaban J connectivity index is 1.35. The van der Waals surface area contributed by atoms with Crippen molar-refractivity contribution >= 4 is 28.5 Å². The van der Waals surface area contributed by atoms with Crippen molar-refractivity contribution in [2.24, 2.45) is 0 Å². The van der Waals surface area contributed by atoms with E-state index in [1.807, 2.05) is 60.4 Å². The molecule has 1 spiro atoms. The van der Waals surface area contributed by atoms with Crippen LogP contribution in [0.1, 0.15) is 39.3 Å². The molecular weight excluding hydrogens is 354 g/mol. The Labute approximate surface area is 162 Å². The number of benzene rings is 2. The largest absolute Gasteiger partial charge is 0.451 e. The first-order chi connectivity index (χ1) is 13.6. The van der Waals surface area contributed by atoms with Crippen LogP contribution in [-0.4, -0.2) is 35.5 Å². The highest BCUT2D eigenvalue weighted by Gasteiger charge is 2.41. The number of amides is 2. The summed E-state index contributed by atoms with van der Waals surface area (Å²) in [5.41, 5.74) is 2.60. The van der Waals surface area contributed by atoms with Crippen molar-refractivity contribution in [1.29, 1.82) is 0 Å². The van der Waals surface area contributed by atoms with Gasteiger partial charge in [-0.1, -0.05) is 30.3 Å². The quantitative estimate of drug-likeness (QED) is 0.682. The van der Waals surface area contributed by atoms with E-state index in [0.29, 0.717) is 37.3 Å². The van der Waals surface area contributed by atoms with Gasteiger partial charge in [0.15, 0.2) is 5.76 Å². The van der Waals surface area contributed by atoms with Gasteiger partial charge in [0.25, 0.3) is 11.8 Å². The second-order valence-corrected chi connectivity index (χ2v) is 7.55. The fraction of sp³-hybridized carbons (Fsp3) is 0.273. The standard InChI is InChI=1S/C22H21N3O3/c1-14-15-6-3-5-9-18(15)28-19(14)21(27)25-12-10-22(11-13-25)23-17-8-4-2-7-16(17)20(26)24-22/h2-9,23H,10-13H2,1H3,(H,24,26). The molecule has 3 aromatic rings. The molecular formula is C22H21N3O3. The van der Waals surface area contributed by atoms with Gasteiger partial charge >= 0.3 is 0 Å². The molecule has 6 heteroatoms. The predicted octanol–water partition coefficient (Wildman–Crippen LogP) is 3.53. The maximum absolute atomic E-state index is 13.0. The average molecular weight is 375 g/mol. The minimum atomic E-state index is -0.509. The number of piperidine rings is 1. The Morgan fingerprint density at radius 3 is 2.54 bits per heavy atom. The number of aryl methyl sites for hydroxylation is 1. The van der Waals surface area contributed by atoms with Crippen molar-refractivity contribution in [1.82, 2.24) is 10.2 Å². The second-order valence-electron chi connectivity index (χ2n) is 7.55. The minimum Gasteiger partial charge on any atom is -0.451 e. The summed E-state index contributed by atoms with van der Waals surface area (Å²) < 4.78 is 5.84. The van der Waals surface area contributed by atoms with Crippen molar-refractivity contribution in [3.8, 4) is 0 Å². The lowest BCUT2D eigenvalue weighted by Crippen LogP contribution is -2.62. The van der Waals surface area contributed by atoms with E-state index in [0.717, 1.165) is 22.2 Å². The number of carbonyl (C=O) groups is 2. The van der Waals surface area contributed by atoms with Crippen molar-refractivity contribution in [2.75, 3.05) is 18.4 Å². The molecule has 0 unspecified atom stereocenters. The molecule has 6 nitrogen and oxygen atoms in total. The molecule has 0 aliphatic carbocycles. The molecule has 2 amide bonds. The molecule has 142 valence electrons. The highest BCUT2D eigenvalue weighted by atomic mass is 16.3. The third-order valence-corrected chi connectivity index (χ3v) is 5.84. The summed E-state index contributed by atoms with van der Waals surface area (Å²) in [6.45, 7) is 3.01. The molecule has 0 bridgehead atoms. The molecule has 3 heterocycles. The lowest BCUT2D eigenvalue weighted by Gasteiger charge is -2.45. The molecule has 1 fully saturated rings. The number of hydrogen-bond acceptors (Lipinski definition) is 4. The van der Waals surface area contributed by atoms with Gasteiger partial charge in [0.05, 0.1) is 5.56 Å². The molecule has 1 aromatic heterocycles. The lowest BCUT2D eigenvalue weighted by molar-refractivity contribution is 0.0613. The zero-order chi connectivity index (χ0) is 19.3. The fourth-order valence-corrected chi connectivity index (χ4v) is 4.23. The summed E-state index contributed by atoms with van der Waals surface area (Å²) in [6.07, 6.45) is 1.27. The third-order valence-electron chi connectivity index (χ3n) is 5.84. The van der Waals surface area contributed by atoms with Gasteiger partial charge in [-0.25, -0.2) is 0 Å². The van der Waals surface area contributed by atoms with Crippen molar-refractivity contribution in [3.05, 3.63) is 65.4 Å². The Hall–Kier alpha value is -3.28. The first-order valence-electron chi connectivity index (χ1n) is 9.53. The van der Waals surface area contributed by atoms with Gasteiger partial charge in [-0.15, -0.1) is 0 Å². The molecule has 28 heavy (non-hydrogen) atoms. The number of hydrogen-bond donors (Lipinski definition) is 2. The number of carbonyl (C=O) groups excluding carboxylic acids is 2. The third kappa shape index (κ3) is 2.56. The van der Waals surface area contributed by atoms with Gasteiger partial charge in [-0.05, 0) is 25.1 Å². The number of nitrogens with one attached hydrogen (secondary N) is 2. The Kier molecular flexibility index (Phi) is 3.69. The minimum absolute atomic E-state index is 0.0674. The van der Waals surface area contributed by atoms with Gasteiger partial charge in [-0.2, -0.15) is 0 Å². The Morgan fingerprint density at radius 2 is 1.75 bits per heavy atom. The van der Waals surface area contributed by atoms with Crippen LogP contribution in [0, 0.1) is 6.92 Å². The predicted molar refractivity (Wildman–Crippen MR) is 106 cm³/mol. The van der Waals surface area contributed by atoms with Gasteiger partial charge in [0.1, 0.15) is 11.2 Å². The average Bonchev–Trinajstić information content (AvgIpc) is 3.05. The van der Waals surface area contributed by atoms with Crippen LogP contribution in [0.4, 0.5) is 5.69 Å². The topological polar surface area (TPSA) is 74.6 Å².